The highest BCUT2D eigenvalue weighted by Gasteiger charge is 2.47. The summed E-state index contributed by atoms with van der Waals surface area (Å²) in [7, 11) is 0. The number of ether oxygens (including phenoxy) is 2. The number of hydrogen-bond donors (Lipinski definition) is 1. The molecule has 1 saturated heterocycles. The zero-order chi connectivity index (χ0) is 16.0. The molecule has 1 aliphatic carbocycles. The van der Waals surface area contributed by atoms with E-state index in [1.807, 2.05) is 0 Å². The summed E-state index contributed by atoms with van der Waals surface area (Å²) in [5.41, 5.74) is -2.91. The van der Waals surface area contributed by atoms with Gasteiger partial charge in [-0.15, -0.1) is 0 Å². The summed E-state index contributed by atoms with van der Waals surface area (Å²) in [5.74, 6) is -1.61. The van der Waals surface area contributed by atoms with E-state index in [4.69, 9.17) is 9.47 Å². The first kappa shape index (κ1) is 15.7. The molecule has 0 amide bonds. The number of hydrogen-bond acceptors (Lipinski definition) is 3. The largest absolute Gasteiger partial charge is 0.416 e. The molecule has 1 spiro atoms. The van der Waals surface area contributed by atoms with Gasteiger partial charge in [0.2, 0.25) is 0 Å². The number of rotatable bonds is 1. The second-order valence-corrected chi connectivity index (χ2v) is 5.83. The van der Waals surface area contributed by atoms with Crippen LogP contribution in [-0.2, 0) is 21.3 Å². The van der Waals surface area contributed by atoms with Crippen molar-refractivity contribution in [3.05, 3.63) is 35.1 Å². The molecule has 0 unspecified atom stereocenters. The minimum absolute atomic E-state index is 0.0885. The normalized spacial score (nSPS) is 23.9. The molecule has 2 fully saturated rings. The molecule has 0 bridgehead atoms. The Bertz CT molecular complexity index is 554. The summed E-state index contributed by atoms with van der Waals surface area (Å²) < 4.78 is 63.4. The van der Waals surface area contributed by atoms with Gasteiger partial charge in [-0.05, 0) is 31.0 Å². The van der Waals surface area contributed by atoms with Gasteiger partial charge >= 0.3 is 6.18 Å². The van der Waals surface area contributed by atoms with E-state index >= 15 is 0 Å². The first-order chi connectivity index (χ1) is 10.2. The van der Waals surface area contributed by atoms with Crippen molar-refractivity contribution in [2.24, 2.45) is 0 Å². The topological polar surface area (TPSA) is 38.7 Å². The lowest BCUT2D eigenvalue weighted by Gasteiger charge is -2.41. The number of benzene rings is 1. The number of aliphatic hydroxyl groups is 1. The summed E-state index contributed by atoms with van der Waals surface area (Å²) in [4.78, 5) is 0. The van der Waals surface area contributed by atoms with Crippen molar-refractivity contribution in [1.82, 2.24) is 0 Å². The molecule has 3 rings (SSSR count). The van der Waals surface area contributed by atoms with Crippen molar-refractivity contribution in [3.63, 3.8) is 0 Å². The van der Waals surface area contributed by atoms with Crippen LogP contribution >= 0.6 is 0 Å². The lowest BCUT2D eigenvalue weighted by Crippen LogP contribution is -2.42. The van der Waals surface area contributed by atoms with Crippen LogP contribution in [0.2, 0.25) is 0 Å². The molecule has 1 N–H and O–H groups in total. The molecule has 0 atom stereocenters. The molecule has 7 heteroatoms. The maximum absolute atomic E-state index is 14.0. The minimum atomic E-state index is -4.58. The van der Waals surface area contributed by atoms with Crippen molar-refractivity contribution < 1.29 is 32.1 Å². The van der Waals surface area contributed by atoms with Crippen LogP contribution in [-0.4, -0.2) is 24.1 Å². The van der Waals surface area contributed by atoms with E-state index in [1.54, 1.807) is 0 Å². The van der Waals surface area contributed by atoms with Gasteiger partial charge in [-0.2, -0.15) is 13.2 Å². The fourth-order valence-electron chi connectivity index (χ4n) is 3.16. The van der Waals surface area contributed by atoms with E-state index in [0.29, 0.717) is 38.2 Å². The number of halogens is 4. The molecule has 0 radical (unpaired) electrons. The molecule has 1 aliphatic heterocycles. The molecular weight excluding hydrogens is 304 g/mol. The predicted octanol–water partition coefficient (Wildman–Crippen LogP) is 3.35. The van der Waals surface area contributed by atoms with E-state index in [9.17, 15) is 22.7 Å². The van der Waals surface area contributed by atoms with Gasteiger partial charge in [0.1, 0.15) is 5.82 Å². The Morgan fingerprint density at radius 1 is 1.00 bits per heavy atom. The quantitative estimate of drug-likeness (QED) is 0.807. The maximum Gasteiger partial charge on any atom is 0.416 e. The fraction of sp³-hybridized carbons (Fsp3) is 0.600. The first-order valence-corrected chi connectivity index (χ1v) is 7.12. The third kappa shape index (κ3) is 2.73. The van der Waals surface area contributed by atoms with Crippen LogP contribution in [0.5, 0.6) is 0 Å². The van der Waals surface area contributed by atoms with Crippen LogP contribution < -0.4 is 0 Å². The predicted molar refractivity (Wildman–Crippen MR) is 68.4 cm³/mol. The summed E-state index contributed by atoms with van der Waals surface area (Å²) in [6.07, 6.45) is -3.76. The van der Waals surface area contributed by atoms with Crippen molar-refractivity contribution in [2.45, 2.75) is 43.2 Å². The van der Waals surface area contributed by atoms with Gasteiger partial charge in [0.05, 0.1) is 24.4 Å². The van der Waals surface area contributed by atoms with Gasteiger partial charge in [0.15, 0.2) is 5.79 Å². The van der Waals surface area contributed by atoms with Crippen molar-refractivity contribution in [2.75, 3.05) is 13.2 Å². The van der Waals surface area contributed by atoms with Gasteiger partial charge in [-0.3, -0.25) is 0 Å². The van der Waals surface area contributed by atoms with Crippen LogP contribution in [0.25, 0.3) is 0 Å². The Labute approximate surface area is 124 Å². The van der Waals surface area contributed by atoms with E-state index in [0.717, 1.165) is 6.07 Å². The van der Waals surface area contributed by atoms with Crippen LogP contribution in [0.1, 0.15) is 36.8 Å². The summed E-state index contributed by atoms with van der Waals surface area (Å²) >= 11 is 0. The van der Waals surface area contributed by atoms with Crippen molar-refractivity contribution >= 4 is 0 Å². The molecule has 122 valence electrons. The molecule has 3 nitrogen and oxygen atoms in total. The first-order valence-electron chi connectivity index (χ1n) is 7.12. The van der Waals surface area contributed by atoms with E-state index in [1.165, 1.54) is 0 Å². The Hall–Kier alpha value is -1.18. The third-order valence-corrected chi connectivity index (χ3v) is 4.45. The lowest BCUT2D eigenvalue weighted by atomic mass is 9.76. The monoisotopic (exact) mass is 320 g/mol. The van der Waals surface area contributed by atoms with Gasteiger partial charge in [0.25, 0.3) is 0 Å². The average molecular weight is 320 g/mol. The van der Waals surface area contributed by atoms with Gasteiger partial charge in [-0.25, -0.2) is 4.39 Å². The zero-order valence-corrected chi connectivity index (χ0v) is 11.8. The van der Waals surface area contributed by atoms with Crippen molar-refractivity contribution in [1.29, 1.82) is 0 Å². The van der Waals surface area contributed by atoms with Crippen LogP contribution in [0.4, 0.5) is 17.6 Å². The smallest absolute Gasteiger partial charge is 0.385 e. The van der Waals surface area contributed by atoms with Crippen LogP contribution in [0.15, 0.2) is 18.2 Å². The Kier molecular flexibility index (Phi) is 3.70. The second kappa shape index (κ2) is 5.18. The highest BCUT2D eigenvalue weighted by molar-refractivity contribution is 5.32. The Morgan fingerprint density at radius 2 is 1.59 bits per heavy atom. The van der Waals surface area contributed by atoms with E-state index in [2.05, 4.69) is 0 Å². The summed E-state index contributed by atoms with van der Waals surface area (Å²) in [6, 6.07) is 2.13. The third-order valence-electron chi connectivity index (χ3n) is 4.45. The second-order valence-electron chi connectivity index (χ2n) is 5.83. The van der Waals surface area contributed by atoms with Crippen LogP contribution in [0, 0.1) is 5.82 Å². The molecule has 1 aromatic carbocycles. The average Bonchev–Trinajstić information content (AvgIpc) is 2.91. The Balaban J connectivity index is 1.87. The minimum Gasteiger partial charge on any atom is -0.385 e. The molecule has 1 saturated carbocycles. The Morgan fingerprint density at radius 3 is 2.14 bits per heavy atom. The summed E-state index contributed by atoms with van der Waals surface area (Å²) in [5, 5.41) is 10.6. The molecule has 2 aliphatic rings. The fourth-order valence-corrected chi connectivity index (χ4v) is 3.16. The number of alkyl halides is 3. The van der Waals surface area contributed by atoms with Gasteiger partial charge in [-0.1, -0.05) is 0 Å². The molecular formula is C15H16F4O3. The molecule has 0 aromatic heterocycles. The van der Waals surface area contributed by atoms with Crippen molar-refractivity contribution in [3.8, 4) is 0 Å². The van der Waals surface area contributed by atoms with E-state index in [-0.39, 0.29) is 18.4 Å². The standard InChI is InChI=1S/C15H16F4O3/c16-12-2-1-10(15(17,18)19)9-11(12)13(20)3-5-14(6-4-13)21-7-8-22-14/h1-2,9,20H,3-8H2. The van der Waals surface area contributed by atoms with Crippen LogP contribution in [0.3, 0.4) is 0 Å². The molecule has 1 heterocycles. The maximum atomic E-state index is 14.0. The molecule has 1 aromatic rings. The SMILES string of the molecule is OC1(c2cc(C(F)(F)F)ccc2F)CCC2(CC1)OCCO2. The highest BCUT2D eigenvalue weighted by Crippen LogP contribution is 2.46. The summed E-state index contributed by atoms with van der Waals surface area (Å²) in [6.45, 7) is 0.909. The zero-order valence-electron chi connectivity index (χ0n) is 11.8. The lowest BCUT2D eigenvalue weighted by molar-refractivity contribution is -0.204. The molecule has 22 heavy (non-hydrogen) atoms. The van der Waals surface area contributed by atoms with E-state index < -0.39 is 28.9 Å². The van der Waals surface area contributed by atoms with Gasteiger partial charge in [0, 0.05) is 18.4 Å². The highest BCUT2D eigenvalue weighted by atomic mass is 19.4. The van der Waals surface area contributed by atoms with Gasteiger partial charge < -0.3 is 14.6 Å².